The molecule has 0 bridgehead atoms. The van der Waals surface area contributed by atoms with Crippen molar-refractivity contribution in [2.45, 2.75) is 85.1 Å². The second kappa shape index (κ2) is 15.8. The van der Waals surface area contributed by atoms with E-state index in [1.807, 2.05) is 0 Å². The van der Waals surface area contributed by atoms with Gasteiger partial charge in [0, 0.05) is 48.5 Å². The van der Waals surface area contributed by atoms with E-state index in [4.69, 9.17) is 33.2 Å². The summed E-state index contributed by atoms with van der Waals surface area (Å²) in [6.07, 6.45) is -12.4. The van der Waals surface area contributed by atoms with Crippen LogP contribution in [0.25, 0.3) is 0 Å². The van der Waals surface area contributed by atoms with Crippen LogP contribution in [0.15, 0.2) is 0 Å². The van der Waals surface area contributed by atoms with Crippen molar-refractivity contribution in [2.24, 2.45) is 0 Å². The van der Waals surface area contributed by atoms with Crippen LogP contribution >= 0.6 is 0 Å². The van der Waals surface area contributed by atoms with Crippen LogP contribution in [0.1, 0.15) is 48.5 Å². The molecule has 0 radical (unpaired) electrons. The second-order valence-electron chi connectivity index (χ2n) is 7.61. The fourth-order valence-electron chi connectivity index (χ4n) is 3.11. The van der Waals surface area contributed by atoms with Crippen molar-refractivity contribution in [1.29, 1.82) is 0 Å². The summed E-state index contributed by atoms with van der Waals surface area (Å²) in [6.45, 7) is 5.48. The molecular formula is C22H30O16. The van der Waals surface area contributed by atoms with Gasteiger partial charge < -0.3 is 38.3 Å². The minimum atomic E-state index is -2.34. The molecule has 0 saturated heterocycles. The summed E-state index contributed by atoms with van der Waals surface area (Å²) in [5, 5.41) is 9.68. The number of carboxylic acids is 1. The lowest BCUT2D eigenvalue weighted by atomic mass is 9.95. The molecule has 0 aromatic rings. The molecule has 0 aromatic carbocycles. The van der Waals surface area contributed by atoms with Gasteiger partial charge in [-0.15, -0.1) is 0 Å². The molecule has 6 atom stereocenters. The summed E-state index contributed by atoms with van der Waals surface area (Å²) >= 11 is 0. The van der Waals surface area contributed by atoms with Gasteiger partial charge in [0.15, 0.2) is 30.5 Å². The van der Waals surface area contributed by atoms with Gasteiger partial charge in [0.25, 0.3) is 0 Å². The average Bonchev–Trinajstić information content (AvgIpc) is 2.73. The van der Waals surface area contributed by atoms with Crippen LogP contribution in [-0.2, 0) is 71.5 Å². The standard InChI is InChI=1S/C22H30O16/c1-9(23)32-8-16(33-10(2)24)17(34-11(3)25)18(35-12(4)26)19(36-13(5)27)20(37-14(6)28)21(22(30)31)38-15(7)29/h16-21H,8H2,1-7H3,(H,30,31)/t16-,17+,18+,19+,20-,21+/m1/s1. The fraction of sp³-hybridized carbons (Fsp3) is 0.636. The van der Waals surface area contributed by atoms with Crippen molar-refractivity contribution in [1.82, 2.24) is 0 Å². The first-order chi connectivity index (χ1) is 17.5. The summed E-state index contributed by atoms with van der Waals surface area (Å²) in [5.74, 6) is -9.32. The van der Waals surface area contributed by atoms with Gasteiger partial charge in [-0.1, -0.05) is 0 Å². The topological polar surface area (TPSA) is 221 Å². The minimum Gasteiger partial charge on any atom is -0.478 e. The highest BCUT2D eigenvalue weighted by atomic mass is 16.7. The molecule has 0 aliphatic carbocycles. The molecule has 0 aromatic heterocycles. The summed E-state index contributed by atoms with van der Waals surface area (Å²) in [6, 6.07) is 0. The van der Waals surface area contributed by atoms with Crippen LogP contribution in [0.4, 0.5) is 0 Å². The summed E-state index contributed by atoms with van der Waals surface area (Å²) in [5.41, 5.74) is 0. The number of hydrogen-bond donors (Lipinski definition) is 1. The predicted octanol–water partition coefficient (Wildman–Crippen LogP) is -0.776. The van der Waals surface area contributed by atoms with Gasteiger partial charge in [-0.25, -0.2) is 4.79 Å². The van der Waals surface area contributed by atoms with E-state index < -0.39 is 91.0 Å². The zero-order chi connectivity index (χ0) is 29.7. The zero-order valence-corrected chi connectivity index (χ0v) is 21.7. The van der Waals surface area contributed by atoms with Gasteiger partial charge >= 0.3 is 47.8 Å². The van der Waals surface area contributed by atoms with Gasteiger partial charge in [0.1, 0.15) is 6.61 Å². The second-order valence-corrected chi connectivity index (χ2v) is 7.61. The van der Waals surface area contributed by atoms with Gasteiger partial charge in [0.2, 0.25) is 6.10 Å². The maximum Gasteiger partial charge on any atom is 0.349 e. The maximum atomic E-state index is 12.1. The Morgan fingerprint density at radius 3 is 1.16 bits per heavy atom. The largest absolute Gasteiger partial charge is 0.478 e. The molecule has 0 heterocycles. The number of carboxylic acid groups (broad SMARTS) is 1. The molecule has 0 aliphatic heterocycles. The normalized spacial score (nSPS) is 15.1. The van der Waals surface area contributed by atoms with Crippen LogP contribution in [-0.4, -0.2) is 96.1 Å². The molecule has 0 aliphatic rings. The highest BCUT2D eigenvalue weighted by molar-refractivity contribution is 5.79. The Hall–Kier alpha value is -4.24. The highest BCUT2D eigenvalue weighted by Gasteiger charge is 2.52. The van der Waals surface area contributed by atoms with E-state index in [9.17, 15) is 43.5 Å². The van der Waals surface area contributed by atoms with Crippen molar-refractivity contribution in [3.63, 3.8) is 0 Å². The quantitative estimate of drug-likeness (QED) is 0.207. The van der Waals surface area contributed by atoms with Gasteiger partial charge in [-0.3, -0.25) is 33.6 Å². The number of rotatable bonds is 14. The van der Waals surface area contributed by atoms with E-state index in [1.54, 1.807) is 0 Å². The van der Waals surface area contributed by atoms with E-state index >= 15 is 0 Å². The van der Waals surface area contributed by atoms with E-state index in [0.29, 0.717) is 0 Å². The summed E-state index contributed by atoms with van der Waals surface area (Å²) in [4.78, 5) is 94.7. The molecule has 0 saturated carbocycles. The van der Waals surface area contributed by atoms with E-state index in [0.717, 1.165) is 48.5 Å². The Kier molecular flexibility index (Phi) is 14.0. The fourth-order valence-corrected chi connectivity index (χ4v) is 3.11. The Bertz CT molecular complexity index is 924. The smallest absolute Gasteiger partial charge is 0.349 e. The molecule has 0 amide bonds. The third-order valence-corrected chi connectivity index (χ3v) is 4.15. The van der Waals surface area contributed by atoms with Crippen LogP contribution in [0.5, 0.6) is 0 Å². The van der Waals surface area contributed by atoms with Crippen LogP contribution in [0.3, 0.4) is 0 Å². The Morgan fingerprint density at radius 1 is 0.474 bits per heavy atom. The van der Waals surface area contributed by atoms with Gasteiger partial charge in [-0.2, -0.15) is 0 Å². The molecule has 38 heavy (non-hydrogen) atoms. The number of aliphatic carboxylic acids is 1. The lowest BCUT2D eigenvalue weighted by molar-refractivity contribution is -0.223. The maximum absolute atomic E-state index is 12.1. The Morgan fingerprint density at radius 2 is 0.816 bits per heavy atom. The van der Waals surface area contributed by atoms with Crippen molar-refractivity contribution in [3.8, 4) is 0 Å². The number of esters is 7. The summed E-state index contributed by atoms with van der Waals surface area (Å²) < 4.78 is 35.2. The third kappa shape index (κ3) is 12.6. The number of carbonyl (C=O) groups is 8. The number of ether oxygens (including phenoxy) is 7. The first-order valence-corrected chi connectivity index (χ1v) is 10.9. The minimum absolute atomic E-state index is 0.776. The van der Waals surface area contributed by atoms with Crippen molar-refractivity contribution in [2.75, 3.05) is 6.61 Å². The van der Waals surface area contributed by atoms with Crippen molar-refractivity contribution >= 4 is 47.8 Å². The number of carbonyl (C=O) groups excluding carboxylic acids is 7. The van der Waals surface area contributed by atoms with Gasteiger partial charge in [-0.05, 0) is 0 Å². The Labute approximate surface area is 216 Å². The first-order valence-electron chi connectivity index (χ1n) is 10.9. The SMILES string of the molecule is CC(=O)OC[C@@H](OC(C)=O)[C@H](OC(C)=O)[C@H](OC(C)=O)[C@H](OC(C)=O)[C@@H](OC(C)=O)[C@H](OC(C)=O)C(=O)O. The van der Waals surface area contributed by atoms with Crippen molar-refractivity contribution < 1.29 is 76.6 Å². The average molecular weight is 550 g/mol. The lowest BCUT2D eigenvalue weighted by Crippen LogP contribution is -2.60. The zero-order valence-electron chi connectivity index (χ0n) is 21.7. The molecular weight excluding hydrogens is 520 g/mol. The monoisotopic (exact) mass is 550 g/mol. The molecule has 0 unspecified atom stereocenters. The lowest BCUT2D eigenvalue weighted by Gasteiger charge is -2.38. The number of hydrogen-bond acceptors (Lipinski definition) is 15. The van der Waals surface area contributed by atoms with Crippen LogP contribution in [0.2, 0.25) is 0 Å². The van der Waals surface area contributed by atoms with Gasteiger partial charge in [0.05, 0.1) is 0 Å². The molecule has 214 valence electrons. The van der Waals surface area contributed by atoms with E-state index in [2.05, 4.69) is 0 Å². The van der Waals surface area contributed by atoms with E-state index in [-0.39, 0.29) is 0 Å². The Balaban J connectivity index is 7.22. The van der Waals surface area contributed by atoms with Crippen LogP contribution < -0.4 is 0 Å². The molecule has 16 heteroatoms. The molecule has 1 N–H and O–H groups in total. The first kappa shape index (κ1) is 33.8. The highest BCUT2D eigenvalue weighted by Crippen LogP contribution is 2.26. The molecule has 16 nitrogen and oxygen atoms in total. The van der Waals surface area contributed by atoms with Crippen LogP contribution in [0, 0.1) is 0 Å². The summed E-state index contributed by atoms with van der Waals surface area (Å²) in [7, 11) is 0. The van der Waals surface area contributed by atoms with Crippen molar-refractivity contribution in [3.05, 3.63) is 0 Å². The molecule has 0 fully saturated rings. The third-order valence-electron chi connectivity index (χ3n) is 4.15. The van der Waals surface area contributed by atoms with E-state index in [1.165, 1.54) is 0 Å². The molecule has 0 spiro atoms. The predicted molar refractivity (Wildman–Crippen MR) is 118 cm³/mol. The molecule has 0 rings (SSSR count).